The van der Waals surface area contributed by atoms with E-state index in [4.69, 9.17) is 18.6 Å². The third-order valence-electron chi connectivity index (χ3n) is 9.93. The summed E-state index contributed by atoms with van der Waals surface area (Å²) in [6.45, 7) is 7.10. The maximum atomic E-state index is 13.7. The Morgan fingerprint density at radius 3 is 2.30 bits per heavy atom. The molecule has 0 radical (unpaired) electrons. The van der Waals surface area contributed by atoms with Crippen LogP contribution in [0.2, 0.25) is 0 Å². The van der Waals surface area contributed by atoms with Gasteiger partial charge in [-0.15, -0.1) is 0 Å². The highest BCUT2D eigenvalue weighted by Crippen LogP contribution is 2.60. The first-order valence-electron chi connectivity index (χ1n) is 14.7. The first-order chi connectivity index (χ1) is 20.2. The summed E-state index contributed by atoms with van der Waals surface area (Å²) < 4.78 is 57.4. The molecular formula is C31H32O11S. The van der Waals surface area contributed by atoms with Gasteiger partial charge in [0.15, 0.2) is 11.2 Å². The number of allylic oxidation sites excluding steroid dienone is 1. The summed E-state index contributed by atoms with van der Waals surface area (Å²) in [5.74, 6) is -2.87. The first-order valence-corrected chi connectivity index (χ1v) is 16.2. The Morgan fingerprint density at radius 2 is 1.70 bits per heavy atom. The van der Waals surface area contributed by atoms with Gasteiger partial charge in [-0.1, -0.05) is 27.7 Å². The molecule has 12 heteroatoms. The van der Waals surface area contributed by atoms with E-state index in [1.54, 1.807) is 27.7 Å². The molecule has 43 heavy (non-hydrogen) atoms. The molecule has 11 nitrogen and oxygen atoms in total. The molecule has 0 spiro atoms. The van der Waals surface area contributed by atoms with Gasteiger partial charge in [-0.05, 0) is 67.1 Å². The summed E-state index contributed by atoms with van der Waals surface area (Å²) in [5.41, 5.74) is -0.546. The Balaban J connectivity index is 1.19. The standard InChI is InChI=1S/C31H32O11S/c1-12(2)18-7-17(8-19(13(3)4)27(18)43(36,37)38)39-28(33)20-21-23-25(41-29(21)34)26(24(20)40-23)42-30(35)31-9-14-5-15(10-31)22(32)16(6-14)11-31/h7,12-17H,5-6,8-11H2,1-4H3,(H,36,37,38). The molecule has 228 valence electrons. The minimum Gasteiger partial charge on any atom is -0.454 e. The smallest absolute Gasteiger partial charge is 0.348 e. The number of hydrogen-bond acceptors (Lipinski definition) is 10. The van der Waals surface area contributed by atoms with Crippen molar-refractivity contribution >= 4 is 45.0 Å². The molecule has 0 amide bonds. The number of fused-ring (bicyclic) bond motifs is 1. The molecule has 4 fully saturated rings. The second-order valence-corrected chi connectivity index (χ2v) is 14.7. The van der Waals surface area contributed by atoms with E-state index >= 15 is 0 Å². The van der Waals surface area contributed by atoms with Crippen LogP contribution < -0.4 is 9.47 Å². The van der Waals surface area contributed by atoms with Crippen molar-refractivity contribution in [2.24, 2.45) is 35.0 Å². The number of hydrogen-bond donors (Lipinski definition) is 1. The van der Waals surface area contributed by atoms with Crippen molar-refractivity contribution < 1.29 is 50.8 Å². The molecule has 1 aliphatic heterocycles. The zero-order valence-corrected chi connectivity index (χ0v) is 25.0. The topological polar surface area (TPSA) is 163 Å². The lowest BCUT2D eigenvalue weighted by molar-refractivity contribution is -0.167. The van der Waals surface area contributed by atoms with Gasteiger partial charge in [-0.3, -0.25) is 14.1 Å². The van der Waals surface area contributed by atoms with Crippen LogP contribution >= 0.6 is 0 Å². The number of furan rings is 2. The van der Waals surface area contributed by atoms with E-state index in [0.29, 0.717) is 30.4 Å². The van der Waals surface area contributed by atoms with Gasteiger partial charge in [0.05, 0.1) is 10.3 Å². The van der Waals surface area contributed by atoms with Gasteiger partial charge in [-0.2, -0.15) is 8.42 Å². The van der Waals surface area contributed by atoms with Crippen molar-refractivity contribution in [1.82, 2.24) is 0 Å². The van der Waals surface area contributed by atoms with Crippen LogP contribution in [0.15, 0.2) is 26.5 Å². The SMILES string of the molecule is CC(C)C1=CC(OC(=O)c2c3c4oc2c(OC(=O)C25CC6CC(C2)C(=O)C(C6)C5)c4OC3=O)CC(C(C)C)=C1S(=O)(=O)O. The van der Waals surface area contributed by atoms with Gasteiger partial charge in [0.2, 0.25) is 11.5 Å². The summed E-state index contributed by atoms with van der Waals surface area (Å²) in [6, 6.07) is 0. The van der Waals surface area contributed by atoms with Gasteiger partial charge in [0.1, 0.15) is 23.0 Å². The molecule has 6 bridgehead atoms. The molecule has 2 aromatic heterocycles. The van der Waals surface area contributed by atoms with Crippen LogP contribution in [0.4, 0.5) is 0 Å². The van der Waals surface area contributed by atoms with E-state index in [9.17, 15) is 32.1 Å². The Labute approximate surface area is 247 Å². The molecule has 5 aliphatic carbocycles. The maximum absolute atomic E-state index is 13.7. The maximum Gasteiger partial charge on any atom is 0.348 e. The molecule has 6 aliphatic rings. The first kappa shape index (κ1) is 28.3. The van der Waals surface area contributed by atoms with E-state index in [2.05, 4.69) is 0 Å². The van der Waals surface area contributed by atoms with E-state index in [0.717, 1.165) is 12.8 Å². The van der Waals surface area contributed by atoms with Crippen LogP contribution in [0, 0.1) is 35.0 Å². The average Bonchev–Trinajstić information content (AvgIpc) is 3.54. The van der Waals surface area contributed by atoms with E-state index in [1.165, 1.54) is 6.08 Å². The molecule has 8 rings (SSSR count). The van der Waals surface area contributed by atoms with Gasteiger partial charge < -0.3 is 18.6 Å². The largest absolute Gasteiger partial charge is 0.454 e. The minimum absolute atomic E-state index is 0.00563. The summed E-state index contributed by atoms with van der Waals surface area (Å²) in [6.07, 6.45) is 3.68. The number of Topliss-reactive ketones (excluding diaryl/α,β-unsaturated/α-hetero) is 1. The van der Waals surface area contributed by atoms with Crippen molar-refractivity contribution in [3.63, 3.8) is 0 Å². The Morgan fingerprint density at radius 1 is 1.02 bits per heavy atom. The Kier molecular flexibility index (Phi) is 6.08. The molecule has 3 atom stereocenters. The molecule has 2 aromatic rings. The number of rotatable bonds is 7. The summed E-state index contributed by atoms with van der Waals surface area (Å²) in [7, 11) is -4.54. The monoisotopic (exact) mass is 612 g/mol. The van der Waals surface area contributed by atoms with Gasteiger partial charge >= 0.3 is 17.9 Å². The number of carbonyl (C=O) groups excluding carboxylic acids is 4. The molecule has 0 aromatic carbocycles. The number of benzene rings is 1. The van der Waals surface area contributed by atoms with Crippen molar-refractivity contribution in [2.45, 2.75) is 72.3 Å². The van der Waals surface area contributed by atoms with E-state index in [-0.39, 0.29) is 80.5 Å². The van der Waals surface area contributed by atoms with Gasteiger partial charge in [0.25, 0.3) is 10.1 Å². The highest BCUT2D eigenvalue weighted by Gasteiger charge is 2.59. The summed E-state index contributed by atoms with van der Waals surface area (Å²) in [4.78, 5) is 52.6. The normalized spacial score (nSPS) is 29.7. The van der Waals surface area contributed by atoms with Crippen molar-refractivity contribution in [2.75, 3.05) is 0 Å². The minimum atomic E-state index is -4.54. The summed E-state index contributed by atoms with van der Waals surface area (Å²) >= 11 is 0. The lowest BCUT2D eigenvalue weighted by atomic mass is 9.49. The van der Waals surface area contributed by atoms with Crippen molar-refractivity contribution in [3.05, 3.63) is 33.3 Å². The molecule has 3 heterocycles. The molecular weight excluding hydrogens is 580 g/mol. The summed E-state index contributed by atoms with van der Waals surface area (Å²) in [5, 5.41) is 0. The van der Waals surface area contributed by atoms with Gasteiger partial charge in [0, 0.05) is 18.3 Å². The van der Waals surface area contributed by atoms with Crippen LogP contribution in [0.25, 0.3) is 11.2 Å². The molecule has 4 saturated carbocycles. The molecule has 0 saturated heterocycles. The Bertz CT molecular complexity index is 1770. The third kappa shape index (κ3) is 4.12. The number of ether oxygens (including phenoxy) is 3. The van der Waals surface area contributed by atoms with E-state index < -0.39 is 39.5 Å². The number of esters is 3. The fourth-order valence-corrected chi connectivity index (χ4v) is 9.49. The number of ketones is 1. The predicted molar refractivity (Wildman–Crippen MR) is 149 cm³/mol. The van der Waals surface area contributed by atoms with Crippen molar-refractivity contribution in [3.8, 4) is 11.5 Å². The Hall–Kier alpha value is -3.51. The lowest BCUT2D eigenvalue weighted by Gasteiger charge is -2.53. The van der Waals surface area contributed by atoms with Crippen LogP contribution in [0.3, 0.4) is 0 Å². The second kappa shape index (κ2) is 9.25. The molecule has 1 N–H and O–H groups in total. The fraction of sp³-hybridized carbons (Fsp3) is 0.548. The van der Waals surface area contributed by atoms with Crippen molar-refractivity contribution in [1.29, 1.82) is 0 Å². The highest BCUT2D eigenvalue weighted by molar-refractivity contribution is 7.90. The lowest BCUT2D eigenvalue weighted by Crippen LogP contribution is -2.55. The third-order valence-corrected chi connectivity index (χ3v) is 10.9. The van der Waals surface area contributed by atoms with E-state index in [1.807, 2.05) is 0 Å². The predicted octanol–water partition coefficient (Wildman–Crippen LogP) is 5.01. The quantitative estimate of drug-likeness (QED) is 0.254. The van der Waals surface area contributed by atoms with Gasteiger partial charge in [-0.25, -0.2) is 9.59 Å². The average molecular weight is 613 g/mol. The number of carbonyl (C=O) groups is 4. The van der Waals surface area contributed by atoms with Crippen LogP contribution in [0.1, 0.15) is 86.9 Å². The highest BCUT2D eigenvalue weighted by atomic mass is 32.2. The van der Waals surface area contributed by atoms with Crippen LogP contribution in [0.5, 0.6) is 11.5 Å². The fourth-order valence-electron chi connectivity index (χ4n) is 8.24. The van der Waals surface area contributed by atoms with Crippen LogP contribution in [-0.4, -0.2) is 42.8 Å². The zero-order chi connectivity index (χ0) is 30.7. The second-order valence-electron chi connectivity index (χ2n) is 13.4. The van der Waals surface area contributed by atoms with Crippen LogP contribution in [-0.2, 0) is 24.4 Å². The molecule has 3 unspecified atom stereocenters. The zero-order valence-electron chi connectivity index (χ0n) is 24.2.